The van der Waals surface area contributed by atoms with Crippen molar-refractivity contribution in [2.45, 2.75) is 0 Å². The Kier molecular flexibility index (Phi) is 3.22. The fourth-order valence-electron chi connectivity index (χ4n) is 1.30. The van der Waals surface area contributed by atoms with E-state index in [0.29, 0.717) is 10.8 Å². The molecular formula is C12H7ClFN3. The minimum absolute atomic E-state index is 0.222. The first-order valence-corrected chi connectivity index (χ1v) is 5.16. The average Bonchev–Trinajstić information content (AvgIpc) is 2.34. The summed E-state index contributed by atoms with van der Waals surface area (Å²) in [5, 5.41) is 11.9. The Morgan fingerprint density at radius 1 is 1.29 bits per heavy atom. The van der Waals surface area contributed by atoms with Crippen molar-refractivity contribution in [1.82, 2.24) is 4.98 Å². The first kappa shape index (κ1) is 11.4. The highest BCUT2D eigenvalue weighted by atomic mass is 35.5. The van der Waals surface area contributed by atoms with Gasteiger partial charge in [0.05, 0.1) is 5.69 Å². The molecular weight excluding hydrogens is 241 g/mol. The number of benzene rings is 1. The topological polar surface area (TPSA) is 48.7 Å². The van der Waals surface area contributed by atoms with Crippen LogP contribution in [0.3, 0.4) is 0 Å². The van der Waals surface area contributed by atoms with Crippen LogP contribution in [0.2, 0.25) is 5.02 Å². The van der Waals surface area contributed by atoms with Gasteiger partial charge in [0.15, 0.2) is 0 Å². The predicted molar refractivity (Wildman–Crippen MR) is 63.6 cm³/mol. The van der Waals surface area contributed by atoms with Crippen LogP contribution in [0.1, 0.15) is 5.69 Å². The minimum atomic E-state index is -0.432. The van der Waals surface area contributed by atoms with Crippen molar-refractivity contribution in [3.8, 4) is 6.07 Å². The van der Waals surface area contributed by atoms with Crippen molar-refractivity contribution in [3.63, 3.8) is 0 Å². The van der Waals surface area contributed by atoms with Gasteiger partial charge in [0.1, 0.15) is 23.4 Å². The molecule has 2 aromatic rings. The smallest absolute Gasteiger partial charge is 0.146 e. The van der Waals surface area contributed by atoms with Gasteiger partial charge in [-0.15, -0.1) is 0 Å². The van der Waals surface area contributed by atoms with Gasteiger partial charge in [-0.1, -0.05) is 17.7 Å². The van der Waals surface area contributed by atoms with Crippen LogP contribution in [0.5, 0.6) is 0 Å². The number of nitriles is 1. The summed E-state index contributed by atoms with van der Waals surface area (Å²) in [6.45, 7) is 0. The zero-order chi connectivity index (χ0) is 12.3. The van der Waals surface area contributed by atoms with Gasteiger partial charge in [0, 0.05) is 5.02 Å². The monoisotopic (exact) mass is 247 g/mol. The van der Waals surface area contributed by atoms with E-state index in [0.717, 1.165) is 0 Å². The SMILES string of the molecule is N#Cc1cccc(Nc2cc(Cl)ccc2F)n1. The molecule has 0 radical (unpaired) electrons. The zero-order valence-electron chi connectivity index (χ0n) is 8.61. The van der Waals surface area contributed by atoms with Crippen LogP contribution in [-0.2, 0) is 0 Å². The number of halogens is 2. The van der Waals surface area contributed by atoms with E-state index in [1.54, 1.807) is 18.2 Å². The maximum absolute atomic E-state index is 13.4. The molecule has 5 heteroatoms. The van der Waals surface area contributed by atoms with Gasteiger partial charge in [-0.2, -0.15) is 5.26 Å². The van der Waals surface area contributed by atoms with Crippen molar-refractivity contribution >= 4 is 23.1 Å². The fourth-order valence-corrected chi connectivity index (χ4v) is 1.47. The van der Waals surface area contributed by atoms with Crippen LogP contribution in [0.15, 0.2) is 36.4 Å². The molecule has 1 aromatic carbocycles. The molecule has 0 fully saturated rings. The predicted octanol–water partition coefficient (Wildman–Crippen LogP) is 3.49. The number of pyridine rings is 1. The molecule has 0 amide bonds. The van der Waals surface area contributed by atoms with E-state index in [4.69, 9.17) is 16.9 Å². The molecule has 0 saturated carbocycles. The van der Waals surface area contributed by atoms with E-state index in [1.807, 2.05) is 6.07 Å². The number of rotatable bonds is 2. The number of hydrogen-bond donors (Lipinski definition) is 1. The summed E-state index contributed by atoms with van der Waals surface area (Å²) in [6, 6.07) is 11.0. The van der Waals surface area contributed by atoms with Gasteiger partial charge in [0.25, 0.3) is 0 Å². The average molecular weight is 248 g/mol. The molecule has 0 bridgehead atoms. The van der Waals surface area contributed by atoms with Crippen molar-refractivity contribution < 1.29 is 4.39 Å². The molecule has 0 aliphatic rings. The second-order valence-electron chi connectivity index (χ2n) is 3.27. The lowest BCUT2D eigenvalue weighted by Crippen LogP contribution is -1.97. The van der Waals surface area contributed by atoms with Crippen molar-refractivity contribution in [2.24, 2.45) is 0 Å². The summed E-state index contributed by atoms with van der Waals surface area (Å²) in [5.74, 6) is -0.0382. The first-order valence-electron chi connectivity index (χ1n) is 4.78. The second kappa shape index (κ2) is 4.81. The van der Waals surface area contributed by atoms with Gasteiger partial charge in [-0.25, -0.2) is 9.37 Å². The fraction of sp³-hybridized carbons (Fsp3) is 0. The van der Waals surface area contributed by atoms with E-state index < -0.39 is 5.82 Å². The van der Waals surface area contributed by atoms with Crippen LogP contribution in [-0.4, -0.2) is 4.98 Å². The third kappa shape index (κ3) is 2.71. The van der Waals surface area contributed by atoms with E-state index >= 15 is 0 Å². The van der Waals surface area contributed by atoms with E-state index in [-0.39, 0.29) is 11.4 Å². The number of nitrogens with zero attached hydrogens (tertiary/aromatic N) is 2. The van der Waals surface area contributed by atoms with Crippen LogP contribution in [0.25, 0.3) is 0 Å². The molecule has 1 aromatic heterocycles. The van der Waals surface area contributed by atoms with Crippen molar-refractivity contribution in [2.75, 3.05) is 5.32 Å². The largest absolute Gasteiger partial charge is 0.338 e. The Hall–Kier alpha value is -2.12. The number of nitrogens with one attached hydrogen (secondary N) is 1. The maximum atomic E-state index is 13.4. The molecule has 1 heterocycles. The minimum Gasteiger partial charge on any atom is -0.338 e. The molecule has 0 atom stereocenters. The van der Waals surface area contributed by atoms with Crippen molar-refractivity contribution in [3.05, 3.63) is 52.9 Å². The summed E-state index contributed by atoms with van der Waals surface area (Å²) in [4.78, 5) is 3.98. The normalized spacial score (nSPS) is 9.71. The summed E-state index contributed by atoms with van der Waals surface area (Å²) in [7, 11) is 0. The highest BCUT2D eigenvalue weighted by molar-refractivity contribution is 6.30. The Morgan fingerprint density at radius 2 is 2.12 bits per heavy atom. The lowest BCUT2D eigenvalue weighted by molar-refractivity contribution is 0.632. The van der Waals surface area contributed by atoms with Gasteiger partial charge >= 0.3 is 0 Å². The number of aromatic nitrogens is 1. The van der Waals surface area contributed by atoms with Crippen LogP contribution >= 0.6 is 11.6 Å². The Bertz CT molecular complexity index is 593. The molecule has 0 saturated heterocycles. The van der Waals surface area contributed by atoms with Crippen LogP contribution < -0.4 is 5.32 Å². The molecule has 0 aliphatic heterocycles. The highest BCUT2D eigenvalue weighted by Gasteiger charge is 2.04. The van der Waals surface area contributed by atoms with Gasteiger partial charge in [-0.3, -0.25) is 0 Å². The summed E-state index contributed by atoms with van der Waals surface area (Å²) in [5.41, 5.74) is 0.484. The molecule has 0 aliphatic carbocycles. The summed E-state index contributed by atoms with van der Waals surface area (Å²) in [6.07, 6.45) is 0. The Morgan fingerprint density at radius 3 is 2.88 bits per heavy atom. The van der Waals surface area contributed by atoms with Gasteiger partial charge in [0.2, 0.25) is 0 Å². The molecule has 1 N–H and O–H groups in total. The number of anilines is 2. The van der Waals surface area contributed by atoms with Gasteiger partial charge < -0.3 is 5.32 Å². The van der Waals surface area contributed by atoms with Crippen LogP contribution in [0, 0.1) is 17.1 Å². The maximum Gasteiger partial charge on any atom is 0.146 e. The van der Waals surface area contributed by atoms with E-state index in [2.05, 4.69) is 10.3 Å². The Labute approximate surface area is 102 Å². The standard InChI is InChI=1S/C12H7ClFN3/c13-8-4-5-10(14)11(6-8)17-12-3-1-2-9(7-15)16-12/h1-6H,(H,16,17). The molecule has 0 unspecified atom stereocenters. The number of hydrogen-bond acceptors (Lipinski definition) is 3. The van der Waals surface area contributed by atoms with Crippen molar-refractivity contribution in [1.29, 1.82) is 5.26 Å². The molecule has 17 heavy (non-hydrogen) atoms. The zero-order valence-corrected chi connectivity index (χ0v) is 9.37. The lowest BCUT2D eigenvalue weighted by Gasteiger charge is -2.07. The summed E-state index contributed by atoms with van der Waals surface area (Å²) < 4.78 is 13.4. The van der Waals surface area contributed by atoms with E-state index in [9.17, 15) is 4.39 Å². The van der Waals surface area contributed by atoms with Gasteiger partial charge in [-0.05, 0) is 30.3 Å². The summed E-state index contributed by atoms with van der Waals surface area (Å²) >= 11 is 5.76. The van der Waals surface area contributed by atoms with Crippen LogP contribution in [0.4, 0.5) is 15.9 Å². The third-order valence-electron chi connectivity index (χ3n) is 2.05. The lowest BCUT2D eigenvalue weighted by atomic mass is 10.3. The highest BCUT2D eigenvalue weighted by Crippen LogP contribution is 2.22. The molecule has 3 nitrogen and oxygen atoms in total. The quantitative estimate of drug-likeness (QED) is 0.884. The van der Waals surface area contributed by atoms with E-state index in [1.165, 1.54) is 18.2 Å². The first-order chi connectivity index (χ1) is 8.19. The Balaban J connectivity index is 2.31. The third-order valence-corrected chi connectivity index (χ3v) is 2.29. The molecule has 0 spiro atoms. The molecule has 2 rings (SSSR count). The molecule has 84 valence electrons. The second-order valence-corrected chi connectivity index (χ2v) is 3.71.